The van der Waals surface area contributed by atoms with Gasteiger partial charge in [0.25, 0.3) is 0 Å². The number of hydrogen-bond acceptors (Lipinski definition) is 3. The minimum Gasteiger partial charge on any atom is -0.481 e. The van der Waals surface area contributed by atoms with Gasteiger partial charge in [0.15, 0.2) is 0 Å². The molecule has 0 bridgehead atoms. The molecule has 1 unspecified atom stereocenters. The van der Waals surface area contributed by atoms with Gasteiger partial charge >= 0.3 is 12.0 Å². The number of nitrogens with two attached hydrogens (primary N) is 1. The minimum absolute atomic E-state index is 0.00853. The van der Waals surface area contributed by atoms with Crippen LogP contribution in [0.25, 0.3) is 0 Å². The molecule has 0 aliphatic rings. The lowest BCUT2D eigenvalue weighted by molar-refractivity contribution is -0.139. The van der Waals surface area contributed by atoms with Crippen LogP contribution < -0.4 is 11.1 Å². The van der Waals surface area contributed by atoms with Crippen molar-refractivity contribution in [2.45, 2.75) is 59.0 Å². The minimum atomic E-state index is -0.889. The summed E-state index contributed by atoms with van der Waals surface area (Å²) in [5, 5.41) is 11.2. The third-order valence-electron chi connectivity index (χ3n) is 3.02. The molecule has 21 heavy (non-hydrogen) atoms. The maximum atomic E-state index is 12.5. The summed E-state index contributed by atoms with van der Waals surface area (Å²) < 4.78 is 0. The molecule has 0 aromatic heterocycles. The van der Waals surface area contributed by atoms with Crippen LogP contribution in [-0.4, -0.2) is 46.5 Å². The van der Waals surface area contributed by atoms with Crippen LogP contribution in [0.3, 0.4) is 0 Å². The van der Waals surface area contributed by atoms with Crippen LogP contribution in [0.15, 0.2) is 0 Å². The number of rotatable bonds is 9. The van der Waals surface area contributed by atoms with Crippen molar-refractivity contribution in [3.8, 4) is 0 Å². The van der Waals surface area contributed by atoms with Gasteiger partial charge in [-0.15, -0.1) is 0 Å². The fraction of sp³-hybridized carbons (Fsp3) is 0.786. The predicted molar refractivity (Wildman–Crippen MR) is 79.7 cm³/mol. The molecule has 0 rings (SSSR count). The van der Waals surface area contributed by atoms with Crippen LogP contribution in [0.1, 0.15) is 47.0 Å². The molecular weight excluding hydrogens is 274 g/mol. The Hall–Kier alpha value is -1.79. The molecule has 3 amide bonds. The molecule has 4 N–H and O–H groups in total. The zero-order valence-electron chi connectivity index (χ0n) is 13.3. The van der Waals surface area contributed by atoms with Crippen molar-refractivity contribution < 1.29 is 19.5 Å². The van der Waals surface area contributed by atoms with Gasteiger partial charge in [0.2, 0.25) is 5.91 Å². The van der Waals surface area contributed by atoms with Gasteiger partial charge in [-0.3, -0.25) is 9.59 Å². The highest BCUT2D eigenvalue weighted by molar-refractivity contribution is 5.86. The van der Waals surface area contributed by atoms with Crippen LogP contribution >= 0.6 is 0 Å². The molecule has 0 fully saturated rings. The number of hydrogen-bond donors (Lipinski definition) is 3. The van der Waals surface area contributed by atoms with E-state index in [1.165, 1.54) is 0 Å². The Bertz CT molecular complexity index is 369. The average Bonchev–Trinajstić information content (AvgIpc) is 2.31. The lowest BCUT2D eigenvalue weighted by Crippen LogP contribution is -2.52. The quantitative estimate of drug-likeness (QED) is 0.593. The summed E-state index contributed by atoms with van der Waals surface area (Å²) in [6, 6.07) is -1.48. The van der Waals surface area contributed by atoms with E-state index in [-0.39, 0.29) is 24.3 Å². The van der Waals surface area contributed by atoms with Gasteiger partial charge in [-0.2, -0.15) is 0 Å². The monoisotopic (exact) mass is 301 g/mol. The number of nitrogens with zero attached hydrogens (tertiary/aromatic N) is 1. The maximum absolute atomic E-state index is 12.5. The molecule has 7 heteroatoms. The molecule has 7 nitrogen and oxygen atoms in total. The first-order chi connectivity index (χ1) is 9.65. The molecule has 0 saturated carbocycles. The van der Waals surface area contributed by atoms with E-state index in [1.54, 1.807) is 4.90 Å². The van der Waals surface area contributed by atoms with Crippen LogP contribution in [0.2, 0.25) is 0 Å². The molecule has 1 atom stereocenters. The Balaban J connectivity index is 4.85. The van der Waals surface area contributed by atoms with Gasteiger partial charge in [-0.1, -0.05) is 13.8 Å². The van der Waals surface area contributed by atoms with Crippen LogP contribution in [-0.2, 0) is 9.59 Å². The summed E-state index contributed by atoms with van der Waals surface area (Å²) >= 11 is 0. The van der Waals surface area contributed by atoms with Gasteiger partial charge in [0.05, 0.1) is 0 Å². The van der Waals surface area contributed by atoms with Crippen LogP contribution in [0.4, 0.5) is 4.79 Å². The summed E-state index contributed by atoms with van der Waals surface area (Å²) in [7, 11) is 0. The number of urea groups is 1. The third-order valence-corrected chi connectivity index (χ3v) is 3.02. The van der Waals surface area contributed by atoms with Gasteiger partial charge in [0.1, 0.15) is 6.04 Å². The van der Waals surface area contributed by atoms with E-state index in [0.717, 1.165) is 0 Å². The Morgan fingerprint density at radius 1 is 1.19 bits per heavy atom. The Morgan fingerprint density at radius 3 is 2.14 bits per heavy atom. The molecule has 0 aliphatic heterocycles. The van der Waals surface area contributed by atoms with E-state index in [1.807, 2.05) is 27.7 Å². The standard InChI is InChI=1S/C14H27N3O4/c1-9(2)8-11(16-14(15)21)13(20)17(10(3)4)7-5-6-12(18)19/h9-11H,5-8H2,1-4H3,(H,18,19)(H3,15,16,21). The Morgan fingerprint density at radius 2 is 1.76 bits per heavy atom. The van der Waals surface area contributed by atoms with Gasteiger partial charge in [-0.25, -0.2) is 4.79 Å². The van der Waals surface area contributed by atoms with Crippen molar-refractivity contribution in [3.63, 3.8) is 0 Å². The van der Waals surface area contributed by atoms with Crippen molar-refractivity contribution in [3.05, 3.63) is 0 Å². The van der Waals surface area contributed by atoms with E-state index in [9.17, 15) is 14.4 Å². The van der Waals surface area contributed by atoms with E-state index < -0.39 is 18.0 Å². The highest BCUT2D eigenvalue weighted by Gasteiger charge is 2.27. The first-order valence-electron chi connectivity index (χ1n) is 7.23. The molecule has 0 aromatic carbocycles. The first-order valence-corrected chi connectivity index (χ1v) is 7.23. The fourth-order valence-electron chi connectivity index (χ4n) is 2.09. The smallest absolute Gasteiger partial charge is 0.312 e. The lowest BCUT2D eigenvalue weighted by atomic mass is 10.0. The normalized spacial score (nSPS) is 12.3. The first kappa shape index (κ1) is 19.2. The number of carbonyl (C=O) groups excluding carboxylic acids is 2. The third kappa shape index (κ3) is 8.16. The maximum Gasteiger partial charge on any atom is 0.312 e. The van der Waals surface area contributed by atoms with Gasteiger partial charge < -0.3 is 21.1 Å². The number of nitrogens with one attached hydrogen (secondary N) is 1. The number of primary amides is 1. The summed E-state index contributed by atoms with van der Waals surface area (Å²) in [5.74, 6) is -0.887. The van der Waals surface area contributed by atoms with Crippen molar-refractivity contribution in [2.24, 2.45) is 11.7 Å². The molecule has 0 spiro atoms. The predicted octanol–water partition coefficient (Wildman–Crippen LogP) is 1.17. The van der Waals surface area contributed by atoms with Crippen molar-refractivity contribution in [1.82, 2.24) is 10.2 Å². The van der Waals surface area contributed by atoms with Crippen molar-refractivity contribution >= 4 is 17.9 Å². The topological polar surface area (TPSA) is 113 Å². The fourth-order valence-corrected chi connectivity index (χ4v) is 2.09. The van der Waals surface area contributed by atoms with Gasteiger partial charge in [-0.05, 0) is 32.6 Å². The summed E-state index contributed by atoms with van der Waals surface area (Å²) in [5.41, 5.74) is 5.12. The second-order valence-corrected chi connectivity index (χ2v) is 5.81. The van der Waals surface area contributed by atoms with E-state index in [0.29, 0.717) is 19.4 Å². The zero-order chi connectivity index (χ0) is 16.6. The number of carboxylic acids is 1. The highest BCUT2D eigenvalue weighted by atomic mass is 16.4. The zero-order valence-corrected chi connectivity index (χ0v) is 13.3. The van der Waals surface area contributed by atoms with E-state index in [4.69, 9.17) is 10.8 Å². The summed E-state index contributed by atoms with van der Waals surface area (Å²) in [4.78, 5) is 35.8. The van der Waals surface area contributed by atoms with Crippen LogP contribution in [0.5, 0.6) is 0 Å². The second-order valence-electron chi connectivity index (χ2n) is 5.81. The molecule has 0 radical (unpaired) electrons. The number of carboxylic acid groups (broad SMARTS) is 1. The SMILES string of the molecule is CC(C)CC(NC(N)=O)C(=O)N(CCCC(=O)O)C(C)C. The molecule has 0 heterocycles. The molecule has 0 aromatic rings. The van der Waals surface area contributed by atoms with Crippen molar-refractivity contribution in [2.75, 3.05) is 6.54 Å². The molecule has 0 saturated heterocycles. The largest absolute Gasteiger partial charge is 0.481 e. The molecular formula is C14H27N3O4. The van der Waals surface area contributed by atoms with Gasteiger partial charge in [0, 0.05) is 19.0 Å². The highest BCUT2D eigenvalue weighted by Crippen LogP contribution is 2.11. The van der Waals surface area contributed by atoms with Crippen molar-refractivity contribution in [1.29, 1.82) is 0 Å². The van der Waals surface area contributed by atoms with E-state index >= 15 is 0 Å². The lowest BCUT2D eigenvalue weighted by Gasteiger charge is -2.31. The second kappa shape index (κ2) is 9.20. The number of amides is 3. The summed E-state index contributed by atoms with van der Waals surface area (Å²) in [6.45, 7) is 7.96. The average molecular weight is 301 g/mol. The Kier molecular flexibility index (Phi) is 8.42. The van der Waals surface area contributed by atoms with Crippen LogP contribution in [0, 0.1) is 5.92 Å². The molecule has 0 aliphatic carbocycles. The Labute approximate surface area is 125 Å². The number of carbonyl (C=O) groups is 3. The molecule has 122 valence electrons. The van der Waals surface area contributed by atoms with E-state index in [2.05, 4.69) is 5.32 Å². The summed E-state index contributed by atoms with van der Waals surface area (Å²) in [6.07, 6.45) is 0.878. The number of aliphatic carboxylic acids is 1.